The molecule has 0 atom stereocenters. The fraction of sp³-hybridized carbons (Fsp3) is 0.417. The van der Waals surface area contributed by atoms with Crippen LogP contribution in [0.3, 0.4) is 0 Å². The maximum absolute atomic E-state index is 11.0. The van der Waals surface area contributed by atoms with Crippen molar-refractivity contribution in [2.24, 2.45) is 5.73 Å². The van der Waals surface area contributed by atoms with Crippen LogP contribution >= 0.6 is 11.6 Å². The van der Waals surface area contributed by atoms with Crippen molar-refractivity contribution in [2.75, 3.05) is 32.1 Å². The molecule has 0 fully saturated rings. The van der Waals surface area contributed by atoms with Crippen LogP contribution in [0.15, 0.2) is 18.2 Å². The molecule has 0 unspecified atom stereocenters. The van der Waals surface area contributed by atoms with Gasteiger partial charge in [0.15, 0.2) is 0 Å². The fourth-order valence-corrected chi connectivity index (χ4v) is 1.91. The molecular formula is C12H18ClN3O. The van der Waals surface area contributed by atoms with Gasteiger partial charge < -0.3 is 16.0 Å². The summed E-state index contributed by atoms with van der Waals surface area (Å²) in [6.07, 6.45) is 1.03. The van der Waals surface area contributed by atoms with Crippen LogP contribution in [0.2, 0.25) is 5.02 Å². The number of carbonyl (C=O) groups is 1. The van der Waals surface area contributed by atoms with Gasteiger partial charge in [-0.05, 0) is 38.2 Å². The van der Waals surface area contributed by atoms with Crippen LogP contribution in [0.25, 0.3) is 0 Å². The molecule has 1 rings (SSSR count). The molecule has 0 bridgehead atoms. The van der Waals surface area contributed by atoms with E-state index in [0.717, 1.165) is 25.2 Å². The molecule has 0 aliphatic carbocycles. The summed E-state index contributed by atoms with van der Waals surface area (Å²) in [6, 6.07) is 5.12. The predicted octanol–water partition coefficient (Wildman–Crippen LogP) is 1.48. The van der Waals surface area contributed by atoms with Gasteiger partial charge in [0, 0.05) is 19.2 Å². The van der Waals surface area contributed by atoms with Crippen LogP contribution in [-0.2, 0) is 0 Å². The number of anilines is 1. The predicted molar refractivity (Wildman–Crippen MR) is 71.8 cm³/mol. The number of benzene rings is 1. The van der Waals surface area contributed by atoms with Crippen LogP contribution in [0.5, 0.6) is 0 Å². The van der Waals surface area contributed by atoms with Crippen molar-refractivity contribution in [1.82, 2.24) is 5.32 Å². The van der Waals surface area contributed by atoms with Gasteiger partial charge in [-0.3, -0.25) is 4.79 Å². The van der Waals surface area contributed by atoms with E-state index in [-0.39, 0.29) is 0 Å². The number of carbonyl (C=O) groups excluding carboxylic acids is 1. The van der Waals surface area contributed by atoms with Crippen LogP contribution < -0.4 is 16.0 Å². The lowest BCUT2D eigenvalue weighted by atomic mass is 10.2. The summed E-state index contributed by atoms with van der Waals surface area (Å²) in [7, 11) is 3.90. The van der Waals surface area contributed by atoms with Crippen LogP contribution in [-0.4, -0.2) is 33.1 Å². The Balaban J connectivity index is 2.74. The largest absolute Gasteiger partial charge is 0.373 e. The molecule has 1 amide bonds. The van der Waals surface area contributed by atoms with Crippen LogP contribution in [0, 0.1) is 0 Å². The number of nitrogens with zero attached hydrogens (tertiary/aromatic N) is 1. The molecule has 0 aliphatic heterocycles. The van der Waals surface area contributed by atoms with E-state index in [9.17, 15) is 4.79 Å². The Morgan fingerprint density at radius 2 is 2.24 bits per heavy atom. The summed E-state index contributed by atoms with van der Waals surface area (Å²) in [5.41, 5.74) is 6.53. The molecule has 94 valence electrons. The lowest BCUT2D eigenvalue weighted by Gasteiger charge is -2.20. The minimum absolute atomic E-state index is 0.433. The van der Waals surface area contributed by atoms with Crippen molar-refractivity contribution in [3.05, 3.63) is 28.8 Å². The second-order valence-corrected chi connectivity index (χ2v) is 4.32. The highest BCUT2D eigenvalue weighted by Crippen LogP contribution is 2.25. The quantitative estimate of drug-likeness (QED) is 0.757. The number of rotatable bonds is 6. The van der Waals surface area contributed by atoms with Gasteiger partial charge in [-0.1, -0.05) is 11.6 Å². The third-order valence-corrected chi connectivity index (χ3v) is 2.87. The Hall–Kier alpha value is -1.26. The van der Waals surface area contributed by atoms with Crippen LogP contribution in [0.1, 0.15) is 16.8 Å². The average molecular weight is 256 g/mol. The first-order chi connectivity index (χ1) is 8.06. The molecule has 0 heterocycles. The number of nitrogens with two attached hydrogens (primary N) is 1. The van der Waals surface area contributed by atoms with Gasteiger partial charge in [0.25, 0.3) is 0 Å². The van der Waals surface area contributed by atoms with E-state index < -0.39 is 5.91 Å². The van der Waals surface area contributed by atoms with Crippen molar-refractivity contribution >= 4 is 23.2 Å². The van der Waals surface area contributed by atoms with Gasteiger partial charge in [-0.15, -0.1) is 0 Å². The molecule has 0 aliphatic rings. The fourth-order valence-electron chi connectivity index (χ4n) is 1.58. The Labute approximate surface area is 107 Å². The lowest BCUT2D eigenvalue weighted by Crippen LogP contribution is -2.22. The molecule has 0 radical (unpaired) electrons. The third-order valence-electron chi connectivity index (χ3n) is 2.56. The first-order valence-corrected chi connectivity index (χ1v) is 5.89. The van der Waals surface area contributed by atoms with Crippen molar-refractivity contribution in [3.8, 4) is 0 Å². The van der Waals surface area contributed by atoms with E-state index >= 15 is 0 Å². The first kappa shape index (κ1) is 13.8. The standard InChI is InChI=1S/C12H18ClN3O/c1-15-6-3-7-16(2)11-5-4-9(12(14)17)8-10(11)13/h4-5,8,15H,3,6-7H2,1-2H3,(H2,14,17). The molecule has 0 saturated carbocycles. The van der Waals surface area contributed by atoms with E-state index in [1.165, 1.54) is 0 Å². The molecule has 5 heteroatoms. The minimum atomic E-state index is -0.462. The summed E-state index contributed by atoms with van der Waals surface area (Å²) in [6.45, 7) is 1.86. The summed E-state index contributed by atoms with van der Waals surface area (Å²) in [5, 5.41) is 3.64. The molecule has 0 spiro atoms. The molecule has 1 aromatic carbocycles. The van der Waals surface area contributed by atoms with Gasteiger partial charge in [-0.25, -0.2) is 0 Å². The normalized spacial score (nSPS) is 10.3. The molecule has 17 heavy (non-hydrogen) atoms. The highest BCUT2D eigenvalue weighted by molar-refractivity contribution is 6.33. The Morgan fingerprint density at radius 3 is 2.76 bits per heavy atom. The van der Waals surface area contributed by atoms with E-state index in [1.807, 2.05) is 20.2 Å². The van der Waals surface area contributed by atoms with Crippen molar-refractivity contribution in [2.45, 2.75) is 6.42 Å². The van der Waals surface area contributed by atoms with E-state index in [2.05, 4.69) is 10.2 Å². The SMILES string of the molecule is CNCCCN(C)c1ccc(C(N)=O)cc1Cl. The highest BCUT2D eigenvalue weighted by atomic mass is 35.5. The number of hydrogen-bond acceptors (Lipinski definition) is 3. The second kappa shape index (κ2) is 6.47. The second-order valence-electron chi connectivity index (χ2n) is 3.91. The Morgan fingerprint density at radius 1 is 1.53 bits per heavy atom. The molecule has 0 aromatic heterocycles. The van der Waals surface area contributed by atoms with E-state index in [4.69, 9.17) is 17.3 Å². The molecule has 3 N–H and O–H groups in total. The number of primary amides is 1. The minimum Gasteiger partial charge on any atom is -0.373 e. The molecule has 4 nitrogen and oxygen atoms in total. The number of nitrogens with one attached hydrogen (secondary N) is 1. The molecule has 1 aromatic rings. The van der Waals surface area contributed by atoms with Gasteiger partial charge >= 0.3 is 0 Å². The molecule has 0 saturated heterocycles. The van der Waals surface area contributed by atoms with Gasteiger partial charge in [-0.2, -0.15) is 0 Å². The average Bonchev–Trinajstić information content (AvgIpc) is 2.28. The van der Waals surface area contributed by atoms with E-state index in [0.29, 0.717) is 10.6 Å². The zero-order valence-electron chi connectivity index (χ0n) is 10.2. The first-order valence-electron chi connectivity index (χ1n) is 5.51. The number of halogens is 1. The summed E-state index contributed by atoms with van der Waals surface area (Å²) in [4.78, 5) is 13.0. The zero-order valence-corrected chi connectivity index (χ0v) is 10.9. The summed E-state index contributed by atoms with van der Waals surface area (Å²) >= 11 is 6.12. The Kier molecular flexibility index (Phi) is 5.25. The number of amides is 1. The van der Waals surface area contributed by atoms with Crippen molar-refractivity contribution < 1.29 is 4.79 Å². The third kappa shape index (κ3) is 3.91. The lowest BCUT2D eigenvalue weighted by molar-refractivity contribution is 0.100. The topological polar surface area (TPSA) is 58.4 Å². The van der Waals surface area contributed by atoms with Gasteiger partial charge in [0.2, 0.25) is 5.91 Å². The maximum Gasteiger partial charge on any atom is 0.248 e. The monoisotopic (exact) mass is 255 g/mol. The Bertz CT molecular complexity index is 395. The number of hydrogen-bond donors (Lipinski definition) is 2. The van der Waals surface area contributed by atoms with E-state index in [1.54, 1.807) is 12.1 Å². The van der Waals surface area contributed by atoms with Gasteiger partial charge in [0.05, 0.1) is 10.7 Å². The van der Waals surface area contributed by atoms with Crippen molar-refractivity contribution in [1.29, 1.82) is 0 Å². The smallest absolute Gasteiger partial charge is 0.248 e. The highest BCUT2D eigenvalue weighted by Gasteiger charge is 2.08. The molecular weight excluding hydrogens is 238 g/mol. The maximum atomic E-state index is 11.0. The van der Waals surface area contributed by atoms with Gasteiger partial charge in [0.1, 0.15) is 0 Å². The summed E-state index contributed by atoms with van der Waals surface area (Å²) < 4.78 is 0. The summed E-state index contributed by atoms with van der Waals surface area (Å²) in [5.74, 6) is -0.462. The van der Waals surface area contributed by atoms with Crippen LogP contribution in [0.4, 0.5) is 5.69 Å². The van der Waals surface area contributed by atoms with Crippen molar-refractivity contribution in [3.63, 3.8) is 0 Å². The zero-order chi connectivity index (χ0) is 12.8.